The van der Waals surface area contributed by atoms with Crippen LogP contribution in [-0.4, -0.2) is 44.0 Å². The zero-order valence-corrected chi connectivity index (χ0v) is 16.0. The molecule has 0 saturated carbocycles. The second-order valence-corrected chi connectivity index (χ2v) is 6.19. The van der Waals surface area contributed by atoms with Crippen LogP contribution in [0.5, 0.6) is 0 Å². The van der Waals surface area contributed by atoms with Crippen molar-refractivity contribution in [2.75, 3.05) is 42.7 Å². The molecule has 0 atom stereocenters. The zero-order valence-electron chi connectivity index (χ0n) is 16.0. The van der Waals surface area contributed by atoms with E-state index in [1.165, 1.54) is 18.2 Å². The van der Waals surface area contributed by atoms with Crippen LogP contribution in [0.4, 0.5) is 26.2 Å². The highest BCUT2D eigenvalue weighted by molar-refractivity contribution is 6.03. The lowest BCUT2D eigenvalue weighted by molar-refractivity contribution is 0.0773. The molecule has 0 aromatic heterocycles. The molecular formula is C20H25FN4O2. The number of nitrogens with zero attached hydrogens (tertiary/aromatic N) is 2. The van der Waals surface area contributed by atoms with Crippen LogP contribution in [0.3, 0.4) is 0 Å². The monoisotopic (exact) mass is 372 g/mol. The van der Waals surface area contributed by atoms with Gasteiger partial charge in [-0.1, -0.05) is 6.07 Å². The maximum atomic E-state index is 13.2. The summed E-state index contributed by atoms with van der Waals surface area (Å²) < 4.78 is 13.2. The molecule has 0 radical (unpaired) electrons. The maximum absolute atomic E-state index is 13.2. The van der Waals surface area contributed by atoms with Gasteiger partial charge < -0.3 is 20.4 Å². The minimum atomic E-state index is -0.514. The molecule has 2 rings (SSSR count). The molecule has 3 amide bonds. The first-order chi connectivity index (χ1) is 12.8. The second-order valence-electron chi connectivity index (χ2n) is 6.19. The maximum Gasteiger partial charge on any atom is 0.323 e. The van der Waals surface area contributed by atoms with Gasteiger partial charge in [0.05, 0.1) is 5.56 Å². The van der Waals surface area contributed by atoms with E-state index in [9.17, 15) is 14.0 Å². The summed E-state index contributed by atoms with van der Waals surface area (Å²) in [6, 6.07) is 10.3. The molecule has 0 fully saturated rings. The van der Waals surface area contributed by atoms with Crippen molar-refractivity contribution in [3.05, 3.63) is 53.8 Å². The molecule has 0 spiro atoms. The third-order valence-corrected chi connectivity index (χ3v) is 4.10. The van der Waals surface area contributed by atoms with Gasteiger partial charge in [-0.15, -0.1) is 0 Å². The van der Waals surface area contributed by atoms with Crippen LogP contribution in [-0.2, 0) is 0 Å². The predicted octanol–water partition coefficient (Wildman–Crippen LogP) is 4.02. The van der Waals surface area contributed by atoms with E-state index in [0.29, 0.717) is 30.0 Å². The summed E-state index contributed by atoms with van der Waals surface area (Å²) >= 11 is 0. The van der Waals surface area contributed by atoms with Gasteiger partial charge in [0.2, 0.25) is 0 Å². The van der Waals surface area contributed by atoms with Gasteiger partial charge in [-0.05, 0) is 50.2 Å². The Morgan fingerprint density at radius 1 is 0.963 bits per heavy atom. The van der Waals surface area contributed by atoms with Crippen LogP contribution in [0.25, 0.3) is 0 Å². The lowest BCUT2D eigenvalue weighted by Gasteiger charge is -2.23. The number of amides is 3. The summed E-state index contributed by atoms with van der Waals surface area (Å²) in [6.07, 6.45) is 0. The molecule has 7 heteroatoms. The van der Waals surface area contributed by atoms with E-state index in [1.807, 2.05) is 32.8 Å². The van der Waals surface area contributed by atoms with Crippen LogP contribution in [0.2, 0.25) is 0 Å². The van der Waals surface area contributed by atoms with Crippen molar-refractivity contribution in [3.8, 4) is 0 Å². The number of hydrogen-bond donors (Lipinski definition) is 2. The zero-order chi connectivity index (χ0) is 20.0. The molecule has 2 N–H and O–H groups in total. The number of carbonyl (C=O) groups is 2. The fourth-order valence-electron chi connectivity index (χ4n) is 2.72. The average Bonchev–Trinajstić information content (AvgIpc) is 2.62. The Bertz CT molecular complexity index is 819. The normalized spacial score (nSPS) is 10.3. The number of urea groups is 1. The van der Waals surface area contributed by atoms with Gasteiger partial charge in [-0.2, -0.15) is 0 Å². The molecule has 0 bridgehead atoms. The molecule has 0 aliphatic carbocycles. The first-order valence-corrected chi connectivity index (χ1v) is 8.79. The van der Waals surface area contributed by atoms with Crippen LogP contribution in [0.15, 0.2) is 42.5 Å². The molecule has 0 heterocycles. The van der Waals surface area contributed by atoms with Gasteiger partial charge in [0.15, 0.2) is 0 Å². The molecule has 6 nitrogen and oxygen atoms in total. The van der Waals surface area contributed by atoms with Gasteiger partial charge in [0, 0.05) is 44.2 Å². The first kappa shape index (κ1) is 20.2. The lowest BCUT2D eigenvalue weighted by atomic mass is 10.1. The minimum absolute atomic E-state index is 0.0992. The number of hydrogen-bond acceptors (Lipinski definition) is 3. The van der Waals surface area contributed by atoms with E-state index >= 15 is 0 Å². The summed E-state index contributed by atoms with van der Waals surface area (Å²) in [5.41, 5.74) is 2.09. The summed E-state index contributed by atoms with van der Waals surface area (Å²) in [5, 5.41) is 5.25. The Balaban J connectivity index is 2.23. The van der Waals surface area contributed by atoms with Gasteiger partial charge in [0.1, 0.15) is 5.82 Å². The van der Waals surface area contributed by atoms with Crippen molar-refractivity contribution in [1.82, 2.24) is 4.90 Å². The largest absolute Gasteiger partial charge is 0.377 e. The molecule has 0 unspecified atom stereocenters. The first-order valence-electron chi connectivity index (χ1n) is 8.79. The van der Waals surface area contributed by atoms with Crippen molar-refractivity contribution < 1.29 is 14.0 Å². The standard InChI is InChI=1S/C20H25FN4O2/c1-5-25(6-2)19(26)17-13-16(10-11-18(17)24(3)4)23-20(27)22-15-9-7-8-14(21)12-15/h7-13H,5-6H2,1-4H3,(H2,22,23,27). The summed E-state index contributed by atoms with van der Waals surface area (Å²) in [5.74, 6) is -0.534. The van der Waals surface area contributed by atoms with Gasteiger partial charge >= 0.3 is 6.03 Å². The number of nitrogens with one attached hydrogen (secondary N) is 2. The Kier molecular flexibility index (Phi) is 6.76. The van der Waals surface area contributed by atoms with E-state index in [0.717, 1.165) is 5.69 Å². The second kappa shape index (κ2) is 9.02. The van der Waals surface area contributed by atoms with Crippen molar-refractivity contribution in [3.63, 3.8) is 0 Å². The van der Waals surface area contributed by atoms with Crippen molar-refractivity contribution >= 4 is 29.0 Å². The summed E-state index contributed by atoms with van der Waals surface area (Å²) in [7, 11) is 3.72. The lowest BCUT2D eigenvalue weighted by Crippen LogP contribution is -2.32. The van der Waals surface area contributed by atoms with E-state index in [4.69, 9.17) is 0 Å². The topological polar surface area (TPSA) is 64.7 Å². The Labute approximate surface area is 159 Å². The smallest absolute Gasteiger partial charge is 0.323 e. The number of anilines is 3. The molecular weight excluding hydrogens is 347 g/mol. The van der Waals surface area contributed by atoms with E-state index in [2.05, 4.69) is 10.6 Å². The number of halogens is 1. The van der Waals surface area contributed by atoms with Gasteiger partial charge in [-0.25, -0.2) is 9.18 Å². The predicted molar refractivity (Wildman–Crippen MR) is 107 cm³/mol. The molecule has 144 valence electrons. The van der Waals surface area contributed by atoms with Crippen molar-refractivity contribution in [2.45, 2.75) is 13.8 Å². The molecule has 2 aromatic carbocycles. The fourth-order valence-corrected chi connectivity index (χ4v) is 2.72. The number of rotatable bonds is 6. The Hall–Kier alpha value is -3.09. The molecule has 0 aliphatic rings. The summed E-state index contributed by atoms with van der Waals surface area (Å²) in [6.45, 7) is 5.04. The molecule has 2 aromatic rings. The van der Waals surface area contributed by atoms with Crippen LogP contribution in [0, 0.1) is 5.82 Å². The molecule has 0 saturated heterocycles. The highest BCUT2D eigenvalue weighted by atomic mass is 19.1. The van der Waals surface area contributed by atoms with E-state index in [1.54, 1.807) is 29.2 Å². The SMILES string of the molecule is CCN(CC)C(=O)c1cc(NC(=O)Nc2cccc(F)c2)ccc1N(C)C. The van der Waals surface area contributed by atoms with Crippen LogP contribution in [0.1, 0.15) is 24.2 Å². The quantitative estimate of drug-likeness (QED) is 0.805. The highest BCUT2D eigenvalue weighted by Gasteiger charge is 2.19. The molecule has 27 heavy (non-hydrogen) atoms. The third-order valence-electron chi connectivity index (χ3n) is 4.10. The Morgan fingerprint density at radius 3 is 2.15 bits per heavy atom. The minimum Gasteiger partial charge on any atom is -0.377 e. The third kappa shape index (κ3) is 5.20. The van der Waals surface area contributed by atoms with E-state index in [-0.39, 0.29) is 5.91 Å². The fraction of sp³-hybridized carbons (Fsp3) is 0.300. The van der Waals surface area contributed by atoms with Crippen molar-refractivity contribution in [2.24, 2.45) is 0 Å². The van der Waals surface area contributed by atoms with Crippen molar-refractivity contribution in [1.29, 1.82) is 0 Å². The van der Waals surface area contributed by atoms with E-state index < -0.39 is 11.8 Å². The average molecular weight is 372 g/mol. The van der Waals surface area contributed by atoms with Crippen LogP contribution < -0.4 is 15.5 Å². The number of benzene rings is 2. The Morgan fingerprint density at radius 2 is 1.59 bits per heavy atom. The van der Waals surface area contributed by atoms with Crippen LogP contribution >= 0.6 is 0 Å². The van der Waals surface area contributed by atoms with Gasteiger partial charge in [0.25, 0.3) is 5.91 Å². The highest BCUT2D eigenvalue weighted by Crippen LogP contribution is 2.24. The number of carbonyl (C=O) groups excluding carboxylic acids is 2. The summed E-state index contributed by atoms with van der Waals surface area (Å²) in [4.78, 5) is 28.6. The van der Waals surface area contributed by atoms with Gasteiger partial charge in [-0.3, -0.25) is 4.79 Å². The molecule has 0 aliphatic heterocycles.